The van der Waals surface area contributed by atoms with E-state index in [1.807, 2.05) is 0 Å². The summed E-state index contributed by atoms with van der Waals surface area (Å²) in [6.45, 7) is 3.44. The van der Waals surface area contributed by atoms with Crippen LogP contribution in [-0.4, -0.2) is 58.9 Å². The number of rotatable bonds is 9. The van der Waals surface area contributed by atoms with Crippen LogP contribution in [0.15, 0.2) is 24.4 Å². The topological polar surface area (TPSA) is 78.0 Å². The highest BCUT2D eigenvalue weighted by Gasteiger charge is 2.42. The highest BCUT2D eigenvalue weighted by Crippen LogP contribution is 2.31. The first-order chi connectivity index (χ1) is 18.1. The molecule has 7 nitrogen and oxygen atoms in total. The molecule has 1 aromatic heterocycles. The van der Waals surface area contributed by atoms with Crippen molar-refractivity contribution < 1.29 is 45.8 Å². The molecular formula is C25H25Cl2F5N2O5. The molecule has 39 heavy (non-hydrogen) atoms. The molecular weight excluding hydrogens is 574 g/mol. The molecule has 1 aromatic carbocycles. The number of carbonyl (C=O) groups is 2. The second-order valence-corrected chi connectivity index (χ2v) is 10.5. The van der Waals surface area contributed by atoms with Crippen LogP contribution >= 0.6 is 23.2 Å². The van der Waals surface area contributed by atoms with Gasteiger partial charge in [0.1, 0.15) is 34.8 Å². The molecule has 1 aliphatic rings. The summed E-state index contributed by atoms with van der Waals surface area (Å²) < 4.78 is 81.0. The Labute approximate surface area is 231 Å². The second kappa shape index (κ2) is 12.1. The third kappa shape index (κ3) is 7.84. The van der Waals surface area contributed by atoms with Crippen LogP contribution in [0.1, 0.15) is 49.5 Å². The lowest BCUT2D eigenvalue weighted by Gasteiger charge is -2.27. The molecule has 0 N–H and O–H groups in total. The summed E-state index contributed by atoms with van der Waals surface area (Å²) in [4.78, 5) is 30.5. The summed E-state index contributed by atoms with van der Waals surface area (Å²) in [6.07, 6.45) is -1.95. The van der Waals surface area contributed by atoms with Crippen molar-refractivity contribution >= 4 is 35.1 Å². The standard InChI is InChI=1S/C25H25Cl2F5N2O5/c1-24(2,3)39-22(36)19-5-4-6-34(19)21(35)15-9-16(26)13(7-18(15)28)11-37-14-8-17(27)20(33-10-14)38-12-25(31,32)23(29)30/h7-10,19,23H,4-6,11-12H2,1-3H3/t19-/m0/s1. The summed E-state index contributed by atoms with van der Waals surface area (Å²) >= 11 is 12.2. The van der Waals surface area contributed by atoms with Crippen molar-refractivity contribution in [2.75, 3.05) is 13.2 Å². The van der Waals surface area contributed by atoms with E-state index >= 15 is 0 Å². The molecule has 1 saturated heterocycles. The molecule has 0 aliphatic carbocycles. The minimum atomic E-state index is -4.39. The maximum Gasteiger partial charge on any atom is 0.340 e. The Kier molecular flexibility index (Phi) is 9.53. The predicted octanol–water partition coefficient (Wildman–Crippen LogP) is 6.33. The Morgan fingerprint density at radius 2 is 1.82 bits per heavy atom. The summed E-state index contributed by atoms with van der Waals surface area (Å²) in [5, 5.41) is -0.290. The van der Waals surface area contributed by atoms with E-state index in [0.29, 0.717) is 12.8 Å². The maximum absolute atomic E-state index is 15.0. The molecule has 0 bridgehead atoms. The van der Waals surface area contributed by atoms with Crippen LogP contribution in [0, 0.1) is 5.82 Å². The average Bonchev–Trinajstić information content (AvgIpc) is 3.32. The van der Waals surface area contributed by atoms with Gasteiger partial charge >= 0.3 is 18.3 Å². The SMILES string of the molecule is CC(C)(C)OC(=O)[C@@H]1CCCN1C(=O)c1cc(Cl)c(COc2cnc(OCC(F)(F)C(F)F)c(Cl)c2)cc1F. The smallest absolute Gasteiger partial charge is 0.340 e. The number of hydrogen-bond acceptors (Lipinski definition) is 6. The maximum atomic E-state index is 15.0. The first kappa shape index (κ1) is 30.7. The van der Waals surface area contributed by atoms with Gasteiger partial charge in [-0.05, 0) is 45.7 Å². The summed E-state index contributed by atoms with van der Waals surface area (Å²) in [5.41, 5.74) is -0.921. The van der Waals surface area contributed by atoms with Crippen LogP contribution < -0.4 is 9.47 Å². The number of halogens is 7. The summed E-state index contributed by atoms with van der Waals surface area (Å²) in [7, 11) is 0. The monoisotopic (exact) mass is 598 g/mol. The number of pyridine rings is 1. The van der Waals surface area contributed by atoms with E-state index in [1.165, 1.54) is 4.90 Å². The zero-order chi connectivity index (χ0) is 29.1. The molecule has 1 atom stereocenters. The minimum Gasteiger partial charge on any atom is -0.487 e. The fraction of sp³-hybridized carbons (Fsp3) is 0.480. The molecule has 1 aliphatic heterocycles. The Hall–Kier alpha value is -2.86. The third-order valence-electron chi connectivity index (χ3n) is 5.46. The number of ether oxygens (including phenoxy) is 3. The van der Waals surface area contributed by atoms with Crippen molar-refractivity contribution in [1.82, 2.24) is 9.88 Å². The molecule has 0 spiro atoms. The number of hydrogen-bond donors (Lipinski definition) is 0. The molecule has 2 aromatic rings. The van der Waals surface area contributed by atoms with Crippen molar-refractivity contribution in [2.45, 2.75) is 64.2 Å². The zero-order valence-corrected chi connectivity index (χ0v) is 22.6. The van der Waals surface area contributed by atoms with Crippen LogP contribution in [0.25, 0.3) is 0 Å². The first-order valence-electron chi connectivity index (χ1n) is 11.7. The van der Waals surface area contributed by atoms with E-state index in [1.54, 1.807) is 20.8 Å². The molecule has 2 heterocycles. The highest BCUT2D eigenvalue weighted by atomic mass is 35.5. The largest absolute Gasteiger partial charge is 0.487 e. The van der Waals surface area contributed by atoms with Gasteiger partial charge in [-0.25, -0.2) is 22.9 Å². The van der Waals surface area contributed by atoms with Crippen LogP contribution in [-0.2, 0) is 16.1 Å². The number of carbonyl (C=O) groups excluding carboxylic acids is 2. The van der Waals surface area contributed by atoms with Gasteiger partial charge in [-0.3, -0.25) is 4.79 Å². The van der Waals surface area contributed by atoms with E-state index in [9.17, 15) is 31.5 Å². The van der Waals surface area contributed by atoms with Crippen molar-refractivity contribution in [1.29, 1.82) is 0 Å². The third-order valence-corrected chi connectivity index (χ3v) is 6.08. The van der Waals surface area contributed by atoms with Crippen LogP contribution in [0.5, 0.6) is 11.6 Å². The Balaban J connectivity index is 1.67. The molecule has 1 amide bonds. The van der Waals surface area contributed by atoms with Crippen molar-refractivity contribution in [3.63, 3.8) is 0 Å². The van der Waals surface area contributed by atoms with E-state index in [4.69, 9.17) is 32.7 Å². The number of alkyl halides is 4. The van der Waals surface area contributed by atoms with Gasteiger partial charge in [-0.15, -0.1) is 0 Å². The van der Waals surface area contributed by atoms with Crippen molar-refractivity contribution in [3.05, 3.63) is 51.4 Å². The number of amides is 1. The number of likely N-dealkylation sites (tertiary alicyclic amines) is 1. The van der Waals surface area contributed by atoms with Gasteiger partial charge in [0.05, 0.1) is 11.8 Å². The minimum absolute atomic E-state index is 0.000931. The lowest BCUT2D eigenvalue weighted by molar-refractivity contribution is -0.159. The van der Waals surface area contributed by atoms with Gasteiger partial charge in [0.15, 0.2) is 6.61 Å². The molecule has 214 valence electrons. The fourth-order valence-electron chi connectivity index (χ4n) is 3.62. The van der Waals surface area contributed by atoms with Crippen LogP contribution in [0.4, 0.5) is 22.0 Å². The Morgan fingerprint density at radius 3 is 2.44 bits per heavy atom. The van der Waals surface area contributed by atoms with Gasteiger partial charge in [-0.1, -0.05) is 23.2 Å². The molecule has 1 fully saturated rings. The molecule has 3 rings (SSSR count). The van der Waals surface area contributed by atoms with Gasteiger partial charge in [-0.2, -0.15) is 8.78 Å². The van der Waals surface area contributed by atoms with E-state index in [0.717, 1.165) is 24.4 Å². The molecule has 0 saturated carbocycles. The molecule has 0 radical (unpaired) electrons. The van der Waals surface area contributed by atoms with Gasteiger partial charge < -0.3 is 19.1 Å². The summed E-state index contributed by atoms with van der Waals surface area (Å²) in [5.74, 6) is -7.06. The average molecular weight is 599 g/mol. The second-order valence-electron chi connectivity index (χ2n) is 9.71. The predicted molar refractivity (Wildman–Crippen MR) is 131 cm³/mol. The number of nitrogens with zero attached hydrogens (tertiary/aromatic N) is 2. The van der Waals surface area contributed by atoms with E-state index < -0.39 is 54.2 Å². The highest BCUT2D eigenvalue weighted by molar-refractivity contribution is 6.32. The van der Waals surface area contributed by atoms with E-state index in [2.05, 4.69) is 9.72 Å². The van der Waals surface area contributed by atoms with Crippen molar-refractivity contribution in [2.24, 2.45) is 0 Å². The normalized spacial score (nSPS) is 16.0. The quantitative estimate of drug-likeness (QED) is 0.248. The summed E-state index contributed by atoms with van der Waals surface area (Å²) in [6, 6.07) is 2.43. The fourth-order valence-corrected chi connectivity index (χ4v) is 4.05. The van der Waals surface area contributed by atoms with Gasteiger partial charge in [0, 0.05) is 23.2 Å². The van der Waals surface area contributed by atoms with E-state index in [-0.39, 0.29) is 40.1 Å². The van der Waals surface area contributed by atoms with Gasteiger partial charge in [0.2, 0.25) is 5.88 Å². The number of esters is 1. The number of aromatic nitrogens is 1. The molecule has 0 unspecified atom stereocenters. The van der Waals surface area contributed by atoms with Gasteiger partial charge in [0.25, 0.3) is 5.91 Å². The van der Waals surface area contributed by atoms with Crippen LogP contribution in [0.2, 0.25) is 10.0 Å². The first-order valence-corrected chi connectivity index (χ1v) is 12.4. The van der Waals surface area contributed by atoms with Crippen molar-refractivity contribution in [3.8, 4) is 11.6 Å². The zero-order valence-electron chi connectivity index (χ0n) is 21.1. The lowest BCUT2D eigenvalue weighted by atomic mass is 10.1. The molecule has 14 heteroatoms. The Morgan fingerprint density at radius 1 is 1.13 bits per heavy atom. The number of benzene rings is 1. The Bertz CT molecular complexity index is 1230. The van der Waals surface area contributed by atoms with Crippen LogP contribution in [0.3, 0.4) is 0 Å². The lowest BCUT2D eigenvalue weighted by Crippen LogP contribution is -2.43.